The second-order valence-electron chi connectivity index (χ2n) is 10.1. The molecule has 1 aliphatic carbocycles. The van der Waals surface area contributed by atoms with Crippen molar-refractivity contribution in [2.75, 3.05) is 17.2 Å². The number of halogens is 2. The summed E-state index contributed by atoms with van der Waals surface area (Å²) < 4.78 is 24.8. The number of hydrogen-bond donors (Lipinski definition) is 2. The number of aromatic nitrogens is 5. The fourth-order valence-corrected chi connectivity index (χ4v) is 4.09. The molecule has 10 heteroatoms. The van der Waals surface area contributed by atoms with Crippen LogP contribution < -0.4 is 10.6 Å². The van der Waals surface area contributed by atoms with Crippen molar-refractivity contribution in [3.63, 3.8) is 0 Å². The Bertz CT molecular complexity index is 1500. The quantitative estimate of drug-likeness (QED) is 0.302. The van der Waals surface area contributed by atoms with Crippen LogP contribution in [0.3, 0.4) is 0 Å². The summed E-state index contributed by atoms with van der Waals surface area (Å²) in [5.74, 6) is -0.647. The van der Waals surface area contributed by atoms with Crippen LogP contribution in [-0.2, 0) is 0 Å². The lowest BCUT2D eigenvalue weighted by Gasteiger charge is -2.22. The van der Waals surface area contributed by atoms with E-state index in [0.717, 1.165) is 12.8 Å². The van der Waals surface area contributed by atoms with Crippen molar-refractivity contribution < 1.29 is 5.76 Å². The van der Waals surface area contributed by atoms with Gasteiger partial charge in [-0.05, 0) is 42.0 Å². The van der Waals surface area contributed by atoms with Crippen molar-refractivity contribution >= 4 is 33.9 Å². The molecule has 0 bridgehead atoms. The van der Waals surface area contributed by atoms with E-state index in [1.807, 2.05) is 0 Å². The Morgan fingerprint density at radius 3 is 2.75 bits per heavy atom. The maximum absolute atomic E-state index is 13.6. The highest BCUT2D eigenvalue weighted by molar-refractivity contribution is 6.35. The highest BCUT2D eigenvalue weighted by Crippen LogP contribution is 2.37. The van der Waals surface area contributed by atoms with E-state index in [1.165, 1.54) is 24.5 Å². The van der Waals surface area contributed by atoms with Crippen molar-refractivity contribution in [1.82, 2.24) is 25.0 Å². The predicted molar refractivity (Wildman–Crippen MR) is 137 cm³/mol. The molecule has 0 unspecified atom stereocenters. The van der Waals surface area contributed by atoms with E-state index in [-0.39, 0.29) is 11.5 Å². The first-order chi connectivity index (χ1) is 17.6. The van der Waals surface area contributed by atoms with E-state index in [2.05, 4.69) is 57.8 Å². The molecule has 3 aromatic heterocycles. The molecule has 1 aromatic carbocycles. The van der Waals surface area contributed by atoms with Crippen molar-refractivity contribution in [3.05, 3.63) is 70.6 Å². The minimum Gasteiger partial charge on any atom is -0.383 e. The fourth-order valence-electron chi connectivity index (χ4n) is 3.82. The standard InChI is InChI=1S/C26H26ClFN8/c1-26(2,3)14-32-23-16(10-29)12-31-25-19(23)8-17(9-20(25)27)33-24(15-4-7-22(28)30-11-15)21-13-36(35-34-21)18-5-6-18/h4,7-9,11-13,18,24,33H,5-6,14H2,1-3H3,(H,31,32)/t24-/m0/s1/i24D. The molecule has 0 amide bonds. The van der Waals surface area contributed by atoms with Crippen LogP contribution in [-0.4, -0.2) is 31.5 Å². The van der Waals surface area contributed by atoms with Gasteiger partial charge in [0.25, 0.3) is 0 Å². The largest absolute Gasteiger partial charge is 0.383 e. The van der Waals surface area contributed by atoms with Gasteiger partial charge < -0.3 is 10.6 Å². The van der Waals surface area contributed by atoms with Crippen LogP contribution in [0, 0.1) is 22.7 Å². The Morgan fingerprint density at radius 1 is 1.28 bits per heavy atom. The van der Waals surface area contributed by atoms with E-state index in [4.69, 9.17) is 11.6 Å². The first-order valence-corrected chi connectivity index (χ1v) is 12.0. The van der Waals surface area contributed by atoms with Crippen LogP contribution in [0.1, 0.15) is 63.9 Å². The number of nitrogens with zero attached hydrogens (tertiary/aromatic N) is 6. The van der Waals surface area contributed by atoms with Crippen LogP contribution in [0.25, 0.3) is 10.9 Å². The van der Waals surface area contributed by atoms with E-state index in [0.29, 0.717) is 50.7 Å². The highest BCUT2D eigenvalue weighted by atomic mass is 35.5. The summed E-state index contributed by atoms with van der Waals surface area (Å²) >= 11 is 6.65. The molecule has 1 saturated carbocycles. The predicted octanol–water partition coefficient (Wildman–Crippen LogP) is 5.88. The minimum absolute atomic E-state index is 0.0404. The summed E-state index contributed by atoms with van der Waals surface area (Å²) in [4.78, 5) is 8.16. The second kappa shape index (κ2) is 9.36. The van der Waals surface area contributed by atoms with Gasteiger partial charge in [0.15, 0.2) is 0 Å². The summed E-state index contributed by atoms with van der Waals surface area (Å²) in [5, 5.41) is 25.8. The number of benzene rings is 1. The monoisotopic (exact) mass is 505 g/mol. The molecule has 2 N–H and O–H groups in total. The Kier molecular flexibility index (Phi) is 5.89. The first-order valence-electron chi connectivity index (χ1n) is 12.2. The molecule has 1 atom stereocenters. The fraction of sp³-hybridized carbons (Fsp3) is 0.346. The van der Waals surface area contributed by atoms with Gasteiger partial charge in [0.2, 0.25) is 5.95 Å². The Labute approximate surface area is 214 Å². The summed E-state index contributed by atoms with van der Waals surface area (Å²) in [6.07, 6.45) is 6.56. The van der Waals surface area contributed by atoms with Gasteiger partial charge in [-0.25, -0.2) is 9.67 Å². The van der Waals surface area contributed by atoms with Gasteiger partial charge in [-0.3, -0.25) is 4.98 Å². The number of anilines is 2. The lowest BCUT2D eigenvalue weighted by atomic mass is 9.96. The molecule has 8 nitrogen and oxygen atoms in total. The smallest absolute Gasteiger partial charge is 0.212 e. The minimum atomic E-state index is -1.65. The highest BCUT2D eigenvalue weighted by Gasteiger charge is 2.27. The molecule has 1 fully saturated rings. The van der Waals surface area contributed by atoms with E-state index in [9.17, 15) is 11.0 Å². The lowest BCUT2D eigenvalue weighted by molar-refractivity contribution is 0.443. The van der Waals surface area contributed by atoms with Crippen LogP contribution >= 0.6 is 11.6 Å². The van der Waals surface area contributed by atoms with E-state index < -0.39 is 12.0 Å². The average molecular weight is 506 g/mol. The number of nitriles is 1. The topological polar surface area (TPSA) is 104 Å². The van der Waals surface area contributed by atoms with E-state index >= 15 is 0 Å². The number of fused-ring (bicyclic) bond motifs is 1. The molecular weight excluding hydrogens is 479 g/mol. The van der Waals surface area contributed by atoms with E-state index in [1.54, 1.807) is 23.0 Å². The molecule has 0 aliphatic heterocycles. The van der Waals surface area contributed by atoms with Crippen molar-refractivity contribution in [2.45, 2.75) is 45.7 Å². The van der Waals surface area contributed by atoms with Crippen LogP contribution in [0.5, 0.6) is 0 Å². The van der Waals surface area contributed by atoms with Crippen LogP contribution in [0.2, 0.25) is 5.02 Å². The van der Waals surface area contributed by atoms with Gasteiger partial charge >= 0.3 is 0 Å². The molecule has 5 rings (SSSR count). The SMILES string of the molecule is [2H][C@](Nc1cc(Cl)c2ncc(C#N)c(NCC(C)(C)C)c2c1)(c1ccc(F)nc1)c1cn(C2CC2)nn1. The zero-order valence-electron chi connectivity index (χ0n) is 21.2. The summed E-state index contributed by atoms with van der Waals surface area (Å²) in [6.45, 7) is 6.89. The summed E-state index contributed by atoms with van der Waals surface area (Å²) in [7, 11) is 0. The Morgan fingerprint density at radius 2 is 2.08 bits per heavy atom. The molecule has 36 heavy (non-hydrogen) atoms. The Hall–Kier alpha value is -3.77. The van der Waals surface area contributed by atoms with Crippen molar-refractivity contribution in [2.24, 2.45) is 5.41 Å². The third-order valence-electron chi connectivity index (χ3n) is 5.81. The van der Waals surface area contributed by atoms with Crippen molar-refractivity contribution in [3.8, 4) is 6.07 Å². The van der Waals surface area contributed by atoms with Gasteiger partial charge in [-0.2, -0.15) is 9.65 Å². The van der Waals surface area contributed by atoms with Gasteiger partial charge in [0.1, 0.15) is 11.8 Å². The molecule has 0 spiro atoms. The third-order valence-corrected chi connectivity index (χ3v) is 6.10. The Balaban J connectivity index is 1.62. The zero-order valence-corrected chi connectivity index (χ0v) is 20.9. The maximum Gasteiger partial charge on any atom is 0.212 e. The molecule has 0 radical (unpaired) electrons. The van der Waals surface area contributed by atoms with Crippen LogP contribution in [0.15, 0.2) is 42.9 Å². The maximum atomic E-state index is 13.6. The number of rotatable bonds is 7. The normalized spacial score (nSPS) is 15.7. The third kappa shape index (κ3) is 5.09. The van der Waals surface area contributed by atoms with Gasteiger partial charge in [0, 0.05) is 30.0 Å². The zero-order chi connectivity index (χ0) is 26.4. The van der Waals surface area contributed by atoms with Gasteiger partial charge in [-0.15, -0.1) is 5.10 Å². The van der Waals surface area contributed by atoms with Gasteiger partial charge in [0.05, 0.1) is 41.4 Å². The average Bonchev–Trinajstić information content (AvgIpc) is 3.58. The number of nitrogens with one attached hydrogen (secondary N) is 2. The summed E-state index contributed by atoms with van der Waals surface area (Å²) in [6, 6.07) is 6.99. The molecule has 3 heterocycles. The number of pyridine rings is 2. The molecule has 0 saturated heterocycles. The van der Waals surface area contributed by atoms with Crippen molar-refractivity contribution in [1.29, 1.82) is 5.26 Å². The van der Waals surface area contributed by atoms with Crippen LogP contribution in [0.4, 0.5) is 15.8 Å². The summed E-state index contributed by atoms with van der Waals surface area (Å²) in [5.41, 5.74) is 2.70. The number of hydrogen-bond acceptors (Lipinski definition) is 7. The molecule has 4 aromatic rings. The second-order valence-corrected chi connectivity index (χ2v) is 10.5. The molecule has 184 valence electrons. The van der Waals surface area contributed by atoms with Gasteiger partial charge in [-0.1, -0.05) is 43.7 Å². The molecular formula is C26H26ClFN8. The lowest BCUT2D eigenvalue weighted by Crippen LogP contribution is -2.20. The first kappa shape index (κ1) is 22.7. The molecule has 1 aliphatic rings.